The first-order valence-corrected chi connectivity index (χ1v) is 10.6. The van der Waals surface area contributed by atoms with Crippen LogP contribution in [0.5, 0.6) is 5.88 Å². The summed E-state index contributed by atoms with van der Waals surface area (Å²) in [7, 11) is 0. The summed E-state index contributed by atoms with van der Waals surface area (Å²) in [4.78, 5) is 27.4. The van der Waals surface area contributed by atoms with Crippen molar-refractivity contribution < 1.29 is 19.0 Å². The van der Waals surface area contributed by atoms with Gasteiger partial charge >= 0.3 is 6.09 Å². The lowest BCUT2D eigenvalue weighted by atomic mass is 10.0. The van der Waals surface area contributed by atoms with Crippen LogP contribution >= 0.6 is 11.6 Å². The lowest BCUT2D eigenvalue weighted by Gasteiger charge is -2.34. The van der Waals surface area contributed by atoms with Gasteiger partial charge in [0.05, 0.1) is 31.1 Å². The second-order valence-corrected chi connectivity index (χ2v) is 8.78. The Hall–Kier alpha value is -2.91. The fourth-order valence-corrected chi connectivity index (χ4v) is 4.29. The molecule has 0 atom stereocenters. The van der Waals surface area contributed by atoms with E-state index in [4.69, 9.17) is 30.8 Å². The van der Waals surface area contributed by atoms with Crippen LogP contribution in [0.3, 0.4) is 0 Å². The number of aryl methyl sites for hydroxylation is 1. The second-order valence-electron chi connectivity index (χ2n) is 8.39. The van der Waals surface area contributed by atoms with Gasteiger partial charge in [0, 0.05) is 18.5 Å². The number of halogens is 1. The highest BCUT2D eigenvalue weighted by molar-refractivity contribution is 6.29. The van der Waals surface area contributed by atoms with Gasteiger partial charge in [0.1, 0.15) is 17.6 Å². The summed E-state index contributed by atoms with van der Waals surface area (Å²) in [5.74, 6) is 1.45. The van der Waals surface area contributed by atoms with E-state index in [2.05, 4.69) is 22.2 Å². The van der Waals surface area contributed by atoms with Crippen molar-refractivity contribution in [3.8, 4) is 5.88 Å². The van der Waals surface area contributed by atoms with Crippen LogP contribution in [-0.4, -0.2) is 50.8 Å². The Kier molecular flexibility index (Phi) is 4.13. The van der Waals surface area contributed by atoms with Gasteiger partial charge in [-0.1, -0.05) is 11.6 Å². The van der Waals surface area contributed by atoms with Crippen molar-refractivity contribution in [2.45, 2.75) is 37.9 Å². The van der Waals surface area contributed by atoms with E-state index in [-0.39, 0.29) is 12.7 Å². The number of anilines is 1. The third kappa shape index (κ3) is 3.37. The van der Waals surface area contributed by atoms with E-state index < -0.39 is 5.60 Å². The van der Waals surface area contributed by atoms with Crippen molar-refractivity contribution in [3.63, 3.8) is 0 Å². The Balaban J connectivity index is 1.34. The molecule has 2 aliphatic heterocycles. The number of hydrogen-bond donors (Lipinski definition) is 0. The molecule has 160 valence electrons. The number of imidazole rings is 1. The number of ether oxygens (including phenoxy) is 3. The van der Waals surface area contributed by atoms with Crippen molar-refractivity contribution in [1.82, 2.24) is 19.4 Å². The predicted molar refractivity (Wildman–Crippen MR) is 111 cm³/mol. The molecule has 0 unspecified atom stereocenters. The largest absolute Gasteiger partial charge is 0.471 e. The van der Waals surface area contributed by atoms with E-state index in [1.54, 1.807) is 17.9 Å². The Bertz CT molecular complexity index is 1180. The quantitative estimate of drug-likeness (QED) is 0.561. The van der Waals surface area contributed by atoms with Gasteiger partial charge in [0.2, 0.25) is 5.88 Å². The molecule has 1 saturated carbocycles. The van der Waals surface area contributed by atoms with Crippen LogP contribution < -0.4 is 9.64 Å². The number of carbonyl (C=O) groups excluding carboxylic acids is 1. The maximum absolute atomic E-state index is 12.7. The molecule has 3 fully saturated rings. The topological polar surface area (TPSA) is 91.1 Å². The van der Waals surface area contributed by atoms with E-state index in [9.17, 15) is 4.79 Å². The summed E-state index contributed by atoms with van der Waals surface area (Å²) < 4.78 is 18.7. The van der Waals surface area contributed by atoms with E-state index >= 15 is 0 Å². The number of carbonyl (C=O) groups is 1. The summed E-state index contributed by atoms with van der Waals surface area (Å²) >= 11 is 5.99. The lowest BCUT2D eigenvalue weighted by Crippen LogP contribution is -2.52. The number of fused-ring (bicyclic) bond motifs is 1. The molecule has 2 saturated heterocycles. The van der Waals surface area contributed by atoms with Crippen LogP contribution in [0.2, 0.25) is 5.15 Å². The Labute approximate surface area is 182 Å². The first kappa shape index (κ1) is 18.8. The van der Waals surface area contributed by atoms with Crippen molar-refractivity contribution >= 4 is 29.0 Å². The van der Waals surface area contributed by atoms with Crippen LogP contribution in [0.25, 0.3) is 5.65 Å². The average molecular weight is 442 g/mol. The molecule has 3 aromatic heterocycles. The number of pyridine rings is 1. The van der Waals surface area contributed by atoms with Crippen LogP contribution in [-0.2, 0) is 16.1 Å². The third-order valence-electron chi connectivity index (χ3n) is 5.79. The normalized spacial score (nSPS) is 19.7. The summed E-state index contributed by atoms with van der Waals surface area (Å²) in [5, 5.41) is 0.329. The molecule has 0 radical (unpaired) electrons. The molecule has 10 heteroatoms. The van der Waals surface area contributed by atoms with Crippen molar-refractivity contribution in [3.05, 3.63) is 46.8 Å². The Morgan fingerprint density at radius 3 is 2.74 bits per heavy atom. The first-order chi connectivity index (χ1) is 15.0. The van der Waals surface area contributed by atoms with Crippen LogP contribution in [0, 0.1) is 6.92 Å². The monoisotopic (exact) mass is 441 g/mol. The molecule has 31 heavy (non-hydrogen) atoms. The summed E-state index contributed by atoms with van der Waals surface area (Å²) in [6.07, 6.45) is 5.97. The molecule has 6 rings (SSSR count). The summed E-state index contributed by atoms with van der Waals surface area (Å²) in [6, 6.07) is 3.64. The average Bonchev–Trinajstić information content (AvgIpc) is 3.36. The number of amides is 1. The molecular weight excluding hydrogens is 422 g/mol. The Morgan fingerprint density at radius 2 is 2.06 bits per heavy atom. The summed E-state index contributed by atoms with van der Waals surface area (Å²) in [5.41, 5.74) is 2.83. The van der Waals surface area contributed by atoms with Gasteiger partial charge in [-0.2, -0.15) is 4.98 Å². The van der Waals surface area contributed by atoms with Gasteiger partial charge in [-0.25, -0.2) is 14.8 Å². The van der Waals surface area contributed by atoms with Gasteiger partial charge in [0.25, 0.3) is 0 Å². The smallest absolute Gasteiger partial charge is 0.415 e. The minimum Gasteiger partial charge on any atom is -0.471 e. The SMILES string of the molecule is Cc1nc(Cl)cc(OCc2cn3cc(C4CC4)cc(N4CC5(COC5)OC4=O)c3n2)n1. The summed E-state index contributed by atoms with van der Waals surface area (Å²) in [6.45, 7) is 3.30. The van der Waals surface area contributed by atoms with E-state index in [0.717, 1.165) is 24.2 Å². The standard InChI is InChI=1S/C21H20ClN5O4/c1-12-23-17(22)5-18(24-12)30-8-15-7-26-6-14(13-2-3-13)4-16(19(26)25-15)27-9-21(10-29-11-21)31-20(27)28/h4-7,13H,2-3,8-11H2,1H3. The molecule has 1 amide bonds. The van der Waals surface area contributed by atoms with Crippen molar-refractivity contribution in [1.29, 1.82) is 0 Å². The Morgan fingerprint density at radius 1 is 1.23 bits per heavy atom. The first-order valence-electron chi connectivity index (χ1n) is 10.2. The minimum atomic E-state index is -0.535. The number of nitrogens with zero attached hydrogens (tertiary/aromatic N) is 5. The predicted octanol–water partition coefficient (Wildman–Crippen LogP) is 3.27. The van der Waals surface area contributed by atoms with Crippen LogP contribution in [0.15, 0.2) is 24.5 Å². The maximum Gasteiger partial charge on any atom is 0.415 e. The molecular formula is C21H20ClN5O4. The van der Waals surface area contributed by atoms with Gasteiger partial charge in [-0.15, -0.1) is 0 Å². The van der Waals surface area contributed by atoms with Crippen molar-refractivity contribution in [2.24, 2.45) is 0 Å². The van der Waals surface area contributed by atoms with Gasteiger partial charge in [-0.05, 0) is 37.3 Å². The molecule has 0 bridgehead atoms. The number of aromatic nitrogens is 4. The molecule has 3 aromatic rings. The van der Waals surface area contributed by atoms with Gasteiger partial charge in [-0.3, -0.25) is 4.90 Å². The molecule has 0 aromatic carbocycles. The molecule has 1 spiro atoms. The van der Waals surface area contributed by atoms with E-state index in [0.29, 0.717) is 48.2 Å². The fourth-order valence-electron chi connectivity index (χ4n) is 4.08. The third-order valence-corrected chi connectivity index (χ3v) is 5.99. The van der Waals surface area contributed by atoms with Gasteiger partial charge in [0.15, 0.2) is 11.2 Å². The molecule has 0 N–H and O–H groups in total. The zero-order valence-corrected chi connectivity index (χ0v) is 17.6. The maximum atomic E-state index is 12.7. The fraction of sp³-hybridized carbons (Fsp3) is 0.429. The zero-order chi connectivity index (χ0) is 21.2. The highest BCUT2D eigenvalue weighted by Gasteiger charge is 2.52. The molecule has 1 aliphatic carbocycles. The van der Waals surface area contributed by atoms with E-state index in [1.807, 2.05) is 10.6 Å². The zero-order valence-electron chi connectivity index (χ0n) is 16.9. The number of hydrogen-bond acceptors (Lipinski definition) is 7. The minimum absolute atomic E-state index is 0.217. The highest BCUT2D eigenvalue weighted by Crippen LogP contribution is 2.43. The molecule has 3 aliphatic rings. The number of rotatable bonds is 5. The van der Waals surface area contributed by atoms with Gasteiger partial charge < -0.3 is 18.6 Å². The highest BCUT2D eigenvalue weighted by atomic mass is 35.5. The van der Waals surface area contributed by atoms with E-state index in [1.165, 1.54) is 5.56 Å². The molecule has 5 heterocycles. The molecule has 9 nitrogen and oxygen atoms in total. The second kappa shape index (κ2) is 6.80. The van der Waals surface area contributed by atoms with Crippen LogP contribution in [0.1, 0.15) is 35.8 Å². The van der Waals surface area contributed by atoms with Crippen LogP contribution in [0.4, 0.5) is 10.5 Å². The van der Waals surface area contributed by atoms with Crippen molar-refractivity contribution in [2.75, 3.05) is 24.7 Å². The lowest BCUT2D eigenvalue weighted by molar-refractivity contribution is -0.155.